The summed E-state index contributed by atoms with van der Waals surface area (Å²) in [7, 11) is 0. The highest BCUT2D eigenvalue weighted by Gasteiger charge is 2.10. The van der Waals surface area contributed by atoms with Crippen LogP contribution in [0.2, 0.25) is 0 Å². The van der Waals surface area contributed by atoms with Gasteiger partial charge in [-0.3, -0.25) is 4.79 Å². The molecule has 0 amide bonds. The fraction of sp³-hybridized carbons (Fsp3) is 0.458. The molecular formula is C24H34BrNO. The minimum absolute atomic E-state index is 0. The lowest BCUT2D eigenvalue weighted by atomic mass is 10.0. The van der Waals surface area contributed by atoms with Gasteiger partial charge in [-0.1, -0.05) is 87.2 Å². The van der Waals surface area contributed by atoms with E-state index in [0.717, 1.165) is 24.2 Å². The van der Waals surface area contributed by atoms with Crippen LogP contribution >= 0.6 is 0 Å². The third kappa shape index (κ3) is 8.40. The molecule has 148 valence electrons. The first-order valence-electron chi connectivity index (χ1n) is 10.3. The van der Waals surface area contributed by atoms with E-state index in [9.17, 15) is 4.79 Å². The van der Waals surface area contributed by atoms with E-state index in [1.807, 2.05) is 42.5 Å². The predicted octanol–water partition coefficient (Wildman–Crippen LogP) is 1.69. The zero-order valence-electron chi connectivity index (χ0n) is 16.8. The van der Waals surface area contributed by atoms with Gasteiger partial charge in [-0.05, 0) is 19.8 Å². The molecule has 0 heterocycles. The fourth-order valence-electron chi connectivity index (χ4n) is 3.36. The van der Waals surface area contributed by atoms with Gasteiger partial charge in [0.1, 0.15) is 6.54 Å². The van der Waals surface area contributed by atoms with Gasteiger partial charge in [0.05, 0.1) is 13.1 Å². The molecule has 0 saturated carbocycles. The van der Waals surface area contributed by atoms with Crippen LogP contribution in [0.5, 0.6) is 0 Å². The molecule has 2 rings (SSSR count). The fourth-order valence-corrected chi connectivity index (χ4v) is 3.36. The van der Waals surface area contributed by atoms with Gasteiger partial charge >= 0.3 is 0 Å². The lowest BCUT2D eigenvalue weighted by Crippen LogP contribution is -3.10. The summed E-state index contributed by atoms with van der Waals surface area (Å²) in [6.07, 6.45) is 8.12. The van der Waals surface area contributed by atoms with Crippen LogP contribution in [0.4, 0.5) is 0 Å². The standard InChI is InChI=1S/C24H33NO.BrH/c1-3-5-6-7-8-12-19-25(4-2)20-21-15-17-23(18-16-21)24(26)22-13-10-9-11-14-22;/h9-11,13-18H,3-8,12,19-20H2,1-2H3;1H. The Kier molecular flexibility index (Phi) is 12.0. The van der Waals surface area contributed by atoms with Crippen molar-refractivity contribution in [2.45, 2.75) is 58.9 Å². The summed E-state index contributed by atoms with van der Waals surface area (Å²) in [5.74, 6) is 0.101. The van der Waals surface area contributed by atoms with Crippen molar-refractivity contribution in [3.8, 4) is 0 Å². The Morgan fingerprint density at radius 2 is 1.37 bits per heavy atom. The van der Waals surface area contributed by atoms with Gasteiger partial charge in [0, 0.05) is 16.7 Å². The van der Waals surface area contributed by atoms with Crippen molar-refractivity contribution >= 4 is 5.78 Å². The average molecular weight is 432 g/mol. The molecule has 0 aliphatic heterocycles. The molecule has 1 atom stereocenters. The van der Waals surface area contributed by atoms with E-state index in [4.69, 9.17) is 0 Å². The van der Waals surface area contributed by atoms with Gasteiger partial charge in [-0.25, -0.2) is 0 Å². The Morgan fingerprint density at radius 1 is 0.778 bits per heavy atom. The minimum atomic E-state index is 0. The minimum Gasteiger partial charge on any atom is -1.00 e. The average Bonchev–Trinajstić information content (AvgIpc) is 2.70. The maximum absolute atomic E-state index is 12.5. The van der Waals surface area contributed by atoms with E-state index in [-0.39, 0.29) is 22.8 Å². The molecular weight excluding hydrogens is 398 g/mol. The molecule has 0 aromatic heterocycles. The molecule has 0 saturated heterocycles. The third-order valence-corrected chi connectivity index (χ3v) is 5.09. The first kappa shape index (κ1) is 23.6. The predicted molar refractivity (Wildman–Crippen MR) is 110 cm³/mol. The number of carbonyl (C=O) groups is 1. The molecule has 0 aliphatic rings. The molecule has 3 heteroatoms. The van der Waals surface area contributed by atoms with Crippen LogP contribution in [-0.2, 0) is 6.54 Å². The lowest BCUT2D eigenvalue weighted by Gasteiger charge is -2.18. The molecule has 2 nitrogen and oxygen atoms in total. The number of carbonyl (C=O) groups excluding carboxylic acids is 1. The van der Waals surface area contributed by atoms with Crippen molar-refractivity contribution in [2.75, 3.05) is 13.1 Å². The number of rotatable bonds is 12. The van der Waals surface area contributed by atoms with E-state index in [0.29, 0.717) is 0 Å². The second-order valence-electron chi connectivity index (χ2n) is 7.19. The summed E-state index contributed by atoms with van der Waals surface area (Å²) in [6.45, 7) is 7.97. The zero-order valence-corrected chi connectivity index (χ0v) is 18.4. The Labute approximate surface area is 175 Å². The van der Waals surface area contributed by atoms with Crippen molar-refractivity contribution in [2.24, 2.45) is 0 Å². The van der Waals surface area contributed by atoms with Crippen molar-refractivity contribution in [3.63, 3.8) is 0 Å². The number of quaternary nitrogens is 1. The summed E-state index contributed by atoms with van der Waals surface area (Å²) >= 11 is 0. The number of benzene rings is 2. The number of nitrogens with one attached hydrogen (secondary N) is 1. The normalized spacial score (nSPS) is 11.6. The molecule has 0 radical (unpaired) electrons. The van der Waals surface area contributed by atoms with Crippen LogP contribution in [0, 0.1) is 0 Å². The third-order valence-electron chi connectivity index (χ3n) is 5.09. The number of halogens is 1. The molecule has 27 heavy (non-hydrogen) atoms. The molecule has 2 aromatic carbocycles. The second-order valence-corrected chi connectivity index (χ2v) is 7.19. The highest BCUT2D eigenvalue weighted by molar-refractivity contribution is 6.08. The summed E-state index contributed by atoms with van der Waals surface area (Å²) in [5, 5.41) is 0. The largest absolute Gasteiger partial charge is 1.00 e. The van der Waals surface area contributed by atoms with Gasteiger partial charge in [0.15, 0.2) is 5.78 Å². The summed E-state index contributed by atoms with van der Waals surface area (Å²) in [5.41, 5.74) is 2.84. The number of hydrogen-bond donors (Lipinski definition) is 1. The molecule has 0 aliphatic carbocycles. The Hall–Kier alpha value is -1.45. The summed E-state index contributed by atoms with van der Waals surface area (Å²) in [4.78, 5) is 14.1. The van der Waals surface area contributed by atoms with Crippen molar-refractivity contribution in [1.29, 1.82) is 0 Å². The van der Waals surface area contributed by atoms with Crippen LogP contribution in [0.1, 0.15) is 73.9 Å². The van der Waals surface area contributed by atoms with E-state index >= 15 is 0 Å². The SMILES string of the molecule is CCCCCCCC[NH+](CC)Cc1ccc(C(=O)c2ccccc2)cc1.[Br-]. The Balaban J connectivity index is 0.00000364. The van der Waals surface area contributed by atoms with Gasteiger partial charge < -0.3 is 21.9 Å². The van der Waals surface area contributed by atoms with Gasteiger partial charge in [-0.2, -0.15) is 0 Å². The van der Waals surface area contributed by atoms with E-state index in [1.54, 1.807) is 4.90 Å². The monoisotopic (exact) mass is 431 g/mol. The molecule has 0 spiro atoms. The van der Waals surface area contributed by atoms with Gasteiger partial charge in [0.2, 0.25) is 0 Å². The quantitative estimate of drug-likeness (QED) is 0.400. The Bertz CT molecular complexity index is 639. The lowest BCUT2D eigenvalue weighted by molar-refractivity contribution is -0.912. The van der Waals surface area contributed by atoms with Crippen LogP contribution in [0.25, 0.3) is 0 Å². The Morgan fingerprint density at radius 3 is 2.00 bits per heavy atom. The highest BCUT2D eigenvalue weighted by atomic mass is 79.9. The number of unbranched alkanes of at least 4 members (excludes halogenated alkanes) is 5. The van der Waals surface area contributed by atoms with Crippen molar-refractivity contribution in [1.82, 2.24) is 0 Å². The van der Waals surface area contributed by atoms with Crippen molar-refractivity contribution in [3.05, 3.63) is 71.3 Å². The van der Waals surface area contributed by atoms with Crippen LogP contribution < -0.4 is 21.9 Å². The number of hydrogen-bond acceptors (Lipinski definition) is 1. The van der Waals surface area contributed by atoms with E-state index < -0.39 is 0 Å². The van der Waals surface area contributed by atoms with Crippen LogP contribution in [0.3, 0.4) is 0 Å². The summed E-state index contributed by atoms with van der Waals surface area (Å²) < 4.78 is 0. The zero-order chi connectivity index (χ0) is 18.6. The van der Waals surface area contributed by atoms with E-state index in [2.05, 4.69) is 26.0 Å². The summed E-state index contributed by atoms with van der Waals surface area (Å²) in [6, 6.07) is 17.7. The first-order chi connectivity index (χ1) is 12.7. The molecule has 0 bridgehead atoms. The molecule has 1 N–H and O–H groups in total. The first-order valence-corrected chi connectivity index (χ1v) is 10.3. The van der Waals surface area contributed by atoms with E-state index in [1.165, 1.54) is 50.6 Å². The maximum Gasteiger partial charge on any atom is 0.193 e. The molecule has 1 unspecified atom stereocenters. The maximum atomic E-state index is 12.5. The van der Waals surface area contributed by atoms with Crippen LogP contribution in [-0.4, -0.2) is 18.9 Å². The van der Waals surface area contributed by atoms with Crippen LogP contribution in [0.15, 0.2) is 54.6 Å². The molecule has 2 aromatic rings. The second kappa shape index (κ2) is 13.7. The topological polar surface area (TPSA) is 21.5 Å². The van der Waals surface area contributed by atoms with Gasteiger partial charge in [0.25, 0.3) is 0 Å². The van der Waals surface area contributed by atoms with Crippen molar-refractivity contribution < 1.29 is 26.7 Å². The smallest absolute Gasteiger partial charge is 0.193 e. The number of ketones is 1. The highest BCUT2D eigenvalue weighted by Crippen LogP contribution is 2.11. The van der Waals surface area contributed by atoms with Gasteiger partial charge in [-0.15, -0.1) is 0 Å². The molecule has 0 fully saturated rings.